The number of nitrogens with zero attached hydrogens (tertiary/aromatic N) is 2. The Hall–Kier alpha value is -5.64. The number of amides is 5. The first kappa shape index (κ1) is 57.5. The van der Waals surface area contributed by atoms with Crippen molar-refractivity contribution >= 4 is 59.4 Å². The number of thioether (sulfide) groups is 2. The number of aryl methyl sites for hydroxylation is 2. The minimum atomic E-state index is -1.25. The van der Waals surface area contributed by atoms with Crippen molar-refractivity contribution in [2.45, 2.75) is 109 Å². The van der Waals surface area contributed by atoms with E-state index in [-0.39, 0.29) is 67.4 Å². The second-order valence-corrected chi connectivity index (χ2v) is 19.0. The van der Waals surface area contributed by atoms with Crippen LogP contribution in [-0.2, 0) is 48.0 Å². The summed E-state index contributed by atoms with van der Waals surface area (Å²) in [4.78, 5) is 70.8. The van der Waals surface area contributed by atoms with Crippen LogP contribution < -0.4 is 16.8 Å². The Morgan fingerprint density at radius 2 is 1.03 bits per heavy atom. The van der Waals surface area contributed by atoms with Gasteiger partial charge >= 0.3 is 18.2 Å². The largest absolute Gasteiger partial charge is 0.479 e. The minimum absolute atomic E-state index is 0.00252. The Morgan fingerprint density at radius 1 is 0.642 bits per heavy atom. The van der Waals surface area contributed by atoms with E-state index in [0.717, 1.165) is 17.7 Å². The van der Waals surface area contributed by atoms with Gasteiger partial charge in [-0.1, -0.05) is 30.3 Å². The number of benzene rings is 3. The lowest BCUT2D eigenvalue weighted by Crippen LogP contribution is -2.44. The average Bonchev–Trinajstić information content (AvgIpc) is 3.92. The van der Waals surface area contributed by atoms with Crippen molar-refractivity contribution in [2.75, 3.05) is 24.6 Å². The van der Waals surface area contributed by atoms with Crippen molar-refractivity contribution < 1.29 is 69.7 Å². The minimum Gasteiger partial charge on any atom is -0.479 e. The van der Waals surface area contributed by atoms with Crippen LogP contribution in [0, 0.1) is 34.9 Å². The third kappa shape index (κ3) is 21.7. The number of carboxylic acid groups (broad SMARTS) is 1. The van der Waals surface area contributed by atoms with Gasteiger partial charge < -0.3 is 41.2 Å². The van der Waals surface area contributed by atoms with Gasteiger partial charge in [0.2, 0.25) is 11.8 Å². The standard InChI is InChI=1S/C21H21F3N2O2S.C14H14F3NO3S.2C5H11NO2/c22-16-12-18(24)17(23)11-15(16)7-4-8-19(27)26-9-10-29-21(26)20(28)25-13-14-5-2-1-3-6-14;15-9-7-11(17)10(16)6-8(9)2-1-3-12(19)18-4-5-22-13(18)14(20)21;2*1-5(2,3)8-4(6)7/h1-3,5-6,11-12,21H,4,7-10,13H2,(H,25,28);6-7,13H,1-5H2,(H,20,21);2*1-3H3,(H2,6,7). The van der Waals surface area contributed by atoms with E-state index in [2.05, 4.69) is 14.8 Å². The zero-order chi connectivity index (χ0) is 50.6. The number of primary amides is 2. The van der Waals surface area contributed by atoms with Gasteiger partial charge in [-0.25, -0.2) is 40.7 Å². The number of halogens is 6. The molecule has 22 heteroatoms. The van der Waals surface area contributed by atoms with E-state index in [9.17, 15) is 55.1 Å². The Kier molecular flexibility index (Phi) is 23.4. The number of carboxylic acids is 1. The monoisotopic (exact) mass is 989 g/mol. The maximum Gasteiger partial charge on any atom is 0.405 e. The number of aliphatic carboxylic acids is 1. The van der Waals surface area contributed by atoms with Crippen LogP contribution in [-0.4, -0.2) is 97.3 Å². The number of hydrogen-bond donors (Lipinski definition) is 4. The first-order chi connectivity index (χ1) is 31.2. The predicted octanol–water partition coefficient (Wildman–Crippen LogP) is 7.82. The number of rotatable bonds is 12. The lowest BCUT2D eigenvalue weighted by atomic mass is 10.1. The van der Waals surface area contributed by atoms with Crippen LogP contribution >= 0.6 is 23.5 Å². The highest BCUT2D eigenvalue weighted by molar-refractivity contribution is 8.01. The highest BCUT2D eigenvalue weighted by atomic mass is 32.2. The summed E-state index contributed by atoms with van der Waals surface area (Å²) in [6.07, 6.45) is -0.623. The predicted molar refractivity (Wildman–Crippen MR) is 241 cm³/mol. The molecule has 370 valence electrons. The van der Waals surface area contributed by atoms with Crippen LogP contribution in [0.5, 0.6) is 0 Å². The molecule has 5 amide bonds. The van der Waals surface area contributed by atoms with Gasteiger partial charge in [0.1, 0.15) is 22.8 Å². The van der Waals surface area contributed by atoms with Crippen LogP contribution in [0.15, 0.2) is 54.6 Å². The molecule has 2 saturated heterocycles. The van der Waals surface area contributed by atoms with E-state index in [1.807, 2.05) is 30.3 Å². The van der Waals surface area contributed by atoms with E-state index in [0.29, 0.717) is 43.3 Å². The van der Waals surface area contributed by atoms with Crippen molar-refractivity contribution in [3.8, 4) is 0 Å². The van der Waals surface area contributed by atoms with Gasteiger partial charge in [0.05, 0.1) is 0 Å². The molecule has 0 radical (unpaired) electrons. The van der Waals surface area contributed by atoms with Crippen molar-refractivity contribution in [2.24, 2.45) is 11.5 Å². The second kappa shape index (κ2) is 27.2. The molecule has 0 bridgehead atoms. The quantitative estimate of drug-likeness (QED) is 0.102. The molecule has 2 heterocycles. The van der Waals surface area contributed by atoms with Crippen molar-refractivity contribution in [3.05, 3.63) is 106 Å². The van der Waals surface area contributed by atoms with Crippen LogP contribution in [0.1, 0.15) is 83.9 Å². The van der Waals surface area contributed by atoms with Gasteiger partial charge in [-0.05, 0) is 96.0 Å². The molecule has 2 atom stereocenters. The third-order valence-corrected chi connectivity index (χ3v) is 11.2. The summed E-state index contributed by atoms with van der Waals surface area (Å²) in [5.41, 5.74) is 9.53. The number of carbonyl (C=O) groups excluding carboxylic acids is 5. The summed E-state index contributed by atoms with van der Waals surface area (Å²) in [5, 5.41) is 10.4. The molecule has 0 spiro atoms. The van der Waals surface area contributed by atoms with Crippen LogP contribution in [0.2, 0.25) is 0 Å². The number of carbonyl (C=O) groups is 6. The number of nitrogens with two attached hydrogens (primary N) is 2. The molecule has 0 saturated carbocycles. The molecule has 2 fully saturated rings. The first-order valence-electron chi connectivity index (χ1n) is 20.8. The molecular formula is C45H57F6N5O9S2. The normalized spacial score (nSPS) is 15.4. The summed E-state index contributed by atoms with van der Waals surface area (Å²) < 4.78 is 88.4. The summed E-state index contributed by atoms with van der Waals surface area (Å²) >= 11 is 2.58. The molecule has 6 N–H and O–H groups in total. The van der Waals surface area contributed by atoms with Crippen molar-refractivity contribution in [1.29, 1.82) is 0 Å². The highest BCUT2D eigenvalue weighted by Gasteiger charge is 2.35. The molecule has 14 nitrogen and oxygen atoms in total. The van der Waals surface area contributed by atoms with E-state index in [4.69, 9.17) is 16.6 Å². The SMILES string of the molecule is CC(C)(C)OC(N)=O.CC(C)(C)OC(N)=O.O=C(NCc1ccccc1)C1SCCN1C(=O)CCCc1cc(F)c(F)cc1F.O=C(O)C1SCCN1C(=O)CCCc1cc(F)c(F)cc1F. The smallest absolute Gasteiger partial charge is 0.405 e. The van der Waals surface area contributed by atoms with E-state index in [1.54, 1.807) is 41.5 Å². The first-order valence-corrected chi connectivity index (χ1v) is 22.9. The number of ether oxygens (including phenoxy) is 2. The van der Waals surface area contributed by atoms with Crippen LogP contribution in [0.4, 0.5) is 35.9 Å². The lowest BCUT2D eigenvalue weighted by Gasteiger charge is -2.23. The molecule has 2 unspecified atom stereocenters. The van der Waals surface area contributed by atoms with Gasteiger partial charge in [-0.2, -0.15) is 0 Å². The molecule has 3 aromatic carbocycles. The fourth-order valence-corrected chi connectivity index (χ4v) is 8.24. The Morgan fingerprint density at radius 3 is 1.40 bits per heavy atom. The van der Waals surface area contributed by atoms with Gasteiger partial charge in [0.15, 0.2) is 34.0 Å². The van der Waals surface area contributed by atoms with E-state index < -0.39 is 75.0 Å². The zero-order valence-electron chi connectivity index (χ0n) is 38.0. The Labute approximate surface area is 393 Å². The topological polar surface area (TPSA) is 212 Å². The van der Waals surface area contributed by atoms with Crippen LogP contribution in [0.3, 0.4) is 0 Å². The van der Waals surface area contributed by atoms with Gasteiger partial charge in [0.25, 0.3) is 5.91 Å². The van der Waals surface area contributed by atoms with E-state index >= 15 is 0 Å². The molecular weight excluding hydrogens is 933 g/mol. The Bertz CT molecular complexity index is 2140. The molecule has 0 aromatic heterocycles. The Balaban J connectivity index is 0.000000355. The summed E-state index contributed by atoms with van der Waals surface area (Å²) in [6, 6.07) is 12.1. The molecule has 2 aliphatic heterocycles. The van der Waals surface area contributed by atoms with Crippen molar-refractivity contribution in [1.82, 2.24) is 15.1 Å². The molecule has 3 aromatic rings. The fraction of sp³-hybridized carbons (Fsp3) is 0.467. The maximum absolute atomic E-state index is 13.7. The van der Waals surface area contributed by atoms with E-state index in [1.165, 1.54) is 33.3 Å². The molecule has 0 aliphatic carbocycles. The third-order valence-electron chi connectivity index (χ3n) is 8.83. The second-order valence-electron chi connectivity index (χ2n) is 16.7. The molecule has 67 heavy (non-hydrogen) atoms. The summed E-state index contributed by atoms with van der Waals surface area (Å²) in [6.45, 7) is 11.8. The average molecular weight is 990 g/mol. The zero-order valence-corrected chi connectivity index (χ0v) is 39.6. The lowest BCUT2D eigenvalue weighted by molar-refractivity contribution is -0.145. The molecule has 2 aliphatic rings. The van der Waals surface area contributed by atoms with Gasteiger partial charge in [-0.15, -0.1) is 23.5 Å². The van der Waals surface area contributed by atoms with Gasteiger partial charge in [-0.3, -0.25) is 14.4 Å². The molecule has 5 rings (SSSR count). The number of nitrogens with one attached hydrogen (secondary N) is 1. The highest BCUT2D eigenvalue weighted by Crippen LogP contribution is 2.27. The summed E-state index contributed by atoms with van der Waals surface area (Å²) in [5.74, 6) is -7.04. The van der Waals surface area contributed by atoms with Crippen molar-refractivity contribution in [3.63, 3.8) is 0 Å². The van der Waals surface area contributed by atoms with Crippen LogP contribution in [0.25, 0.3) is 0 Å². The van der Waals surface area contributed by atoms with Gasteiger partial charge in [0, 0.05) is 56.1 Å². The number of hydrogen-bond acceptors (Lipinski definition) is 10. The fourth-order valence-electron chi connectivity index (χ4n) is 6.01. The summed E-state index contributed by atoms with van der Waals surface area (Å²) in [7, 11) is 0. The maximum atomic E-state index is 13.7.